The average molecular weight is 185 g/mol. The van der Waals surface area contributed by atoms with Gasteiger partial charge < -0.3 is 0 Å². The van der Waals surface area contributed by atoms with Crippen LogP contribution in [-0.4, -0.2) is 0 Å². The molecule has 0 bridgehead atoms. The van der Waals surface area contributed by atoms with Crippen molar-refractivity contribution in [3.63, 3.8) is 0 Å². The van der Waals surface area contributed by atoms with Gasteiger partial charge in [-0.1, -0.05) is 54.1 Å². The molecule has 0 fully saturated rings. The first kappa shape index (κ1) is 6.02. The molecule has 0 aromatic heterocycles. The Balaban J connectivity index is 2.64. The Bertz CT molecular complexity index is 513. The predicted octanol–water partition coefficient (Wildman–Crippen LogP) is 3.97. The molecule has 0 spiro atoms. The molecule has 0 aliphatic carbocycles. The van der Waals surface area contributed by atoms with Crippen LogP contribution in [0.15, 0.2) is 48.5 Å². The molecule has 0 amide bonds. The lowest BCUT2D eigenvalue weighted by molar-refractivity contribution is 1.39. The third kappa shape index (κ3) is 1.69. The maximum atomic E-state index is 7.57. The summed E-state index contributed by atoms with van der Waals surface area (Å²) in [5, 5.41) is 0. The summed E-state index contributed by atoms with van der Waals surface area (Å²) in [6.07, 6.45) is 0. The van der Waals surface area contributed by atoms with Crippen molar-refractivity contribution in [2.45, 2.75) is 13.8 Å². The SMILES string of the molecule is [2H]C([2H])([2H])c1ccc(C)cc1-c1ccccc1. The Labute approximate surface area is 89.4 Å². The molecule has 0 unspecified atom stereocenters. The van der Waals surface area contributed by atoms with Crippen LogP contribution in [0.5, 0.6) is 0 Å². The van der Waals surface area contributed by atoms with E-state index in [-0.39, 0.29) is 0 Å². The maximum Gasteiger partial charge on any atom is 0.0280 e. The minimum atomic E-state index is -2.07. The molecule has 0 heterocycles. The molecule has 0 aliphatic rings. The van der Waals surface area contributed by atoms with Gasteiger partial charge in [0.2, 0.25) is 0 Å². The van der Waals surface area contributed by atoms with E-state index in [1.165, 1.54) is 0 Å². The smallest absolute Gasteiger partial charge is 0.0280 e. The molecule has 0 radical (unpaired) electrons. The fourth-order valence-electron chi connectivity index (χ4n) is 1.51. The van der Waals surface area contributed by atoms with Crippen LogP contribution in [0.4, 0.5) is 0 Å². The van der Waals surface area contributed by atoms with Crippen LogP contribution in [0.1, 0.15) is 15.2 Å². The number of aryl methyl sites for hydroxylation is 2. The minimum Gasteiger partial charge on any atom is -0.0622 e. The highest BCUT2D eigenvalue weighted by Crippen LogP contribution is 2.23. The van der Waals surface area contributed by atoms with Crippen LogP contribution in [-0.2, 0) is 0 Å². The Kier molecular flexibility index (Phi) is 1.58. The van der Waals surface area contributed by atoms with Gasteiger partial charge in [0.15, 0.2) is 0 Å². The largest absolute Gasteiger partial charge is 0.0622 e. The van der Waals surface area contributed by atoms with Gasteiger partial charge in [-0.2, -0.15) is 0 Å². The third-order valence-electron chi connectivity index (χ3n) is 2.26. The summed E-state index contributed by atoms with van der Waals surface area (Å²) in [4.78, 5) is 0. The first-order valence-corrected chi connectivity index (χ1v) is 4.65. The lowest BCUT2D eigenvalue weighted by Gasteiger charge is -2.06. The number of benzene rings is 2. The van der Waals surface area contributed by atoms with Crippen molar-refractivity contribution in [3.05, 3.63) is 59.7 Å². The van der Waals surface area contributed by atoms with E-state index in [2.05, 4.69) is 0 Å². The molecule has 0 nitrogen and oxygen atoms in total. The lowest BCUT2D eigenvalue weighted by atomic mass is 9.99. The Morgan fingerprint density at radius 1 is 1.00 bits per heavy atom. The molecule has 2 rings (SSSR count). The molecule has 0 heteroatoms. The third-order valence-corrected chi connectivity index (χ3v) is 2.26. The van der Waals surface area contributed by atoms with E-state index < -0.39 is 6.85 Å². The molecule has 0 aliphatic heterocycles. The van der Waals surface area contributed by atoms with Gasteiger partial charge in [-0.05, 0) is 30.5 Å². The predicted molar refractivity (Wildman–Crippen MR) is 61.4 cm³/mol. The highest BCUT2D eigenvalue weighted by molar-refractivity contribution is 5.67. The fourth-order valence-corrected chi connectivity index (χ4v) is 1.51. The van der Waals surface area contributed by atoms with Gasteiger partial charge >= 0.3 is 0 Å². The van der Waals surface area contributed by atoms with Gasteiger partial charge in [-0.3, -0.25) is 0 Å². The lowest BCUT2D eigenvalue weighted by Crippen LogP contribution is -1.83. The zero-order valence-electron chi connectivity index (χ0n) is 11.1. The number of hydrogen-bond acceptors (Lipinski definition) is 0. The van der Waals surface area contributed by atoms with Crippen LogP contribution in [0.2, 0.25) is 0 Å². The zero-order valence-corrected chi connectivity index (χ0v) is 8.12. The van der Waals surface area contributed by atoms with Gasteiger partial charge in [0.25, 0.3) is 0 Å². The van der Waals surface area contributed by atoms with E-state index in [9.17, 15) is 0 Å². The highest BCUT2D eigenvalue weighted by Gasteiger charge is 2.00. The summed E-state index contributed by atoms with van der Waals surface area (Å²) in [5.41, 5.74) is 3.22. The molecule has 14 heavy (non-hydrogen) atoms. The summed E-state index contributed by atoms with van der Waals surface area (Å²) in [6.45, 7) is -0.103. The molecule has 2 aromatic rings. The standard InChI is InChI=1S/C14H14/c1-11-8-9-12(2)14(10-11)13-6-4-3-5-7-13/h3-10H,1-2H3/i2D3. The summed E-state index contributed by atoms with van der Waals surface area (Å²) in [7, 11) is 0. The highest BCUT2D eigenvalue weighted by atomic mass is 14.0. The first-order valence-electron chi connectivity index (χ1n) is 6.15. The molecular formula is C14H14. The maximum absolute atomic E-state index is 7.57. The Morgan fingerprint density at radius 2 is 1.79 bits per heavy atom. The minimum absolute atomic E-state index is 0.411. The Hall–Kier alpha value is -1.56. The van der Waals surface area contributed by atoms with Gasteiger partial charge in [0.1, 0.15) is 0 Å². The molecule has 0 atom stereocenters. The van der Waals surface area contributed by atoms with Crippen LogP contribution in [0, 0.1) is 13.8 Å². The second-order valence-corrected chi connectivity index (χ2v) is 3.42. The molecule has 0 saturated carbocycles. The van der Waals surface area contributed by atoms with E-state index in [1.54, 1.807) is 6.07 Å². The van der Waals surface area contributed by atoms with Crippen molar-refractivity contribution < 1.29 is 4.11 Å². The van der Waals surface area contributed by atoms with Crippen molar-refractivity contribution in [2.24, 2.45) is 0 Å². The Morgan fingerprint density at radius 3 is 2.50 bits per heavy atom. The van der Waals surface area contributed by atoms with E-state index >= 15 is 0 Å². The van der Waals surface area contributed by atoms with Crippen molar-refractivity contribution in [3.8, 4) is 11.1 Å². The summed E-state index contributed by atoms with van der Waals surface area (Å²) >= 11 is 0. The van der Waals surface area contributed by atoms with E-state index in [4.69, 9.17) is 4.11 Å². The van der Waals surface area contributed by atoms with Gasteiger partial charge in [-0.25, -0.2) is 0 Å². The summed E-state index contributed by atoms with van der Waals surface area (Å²) in [5.74, 6) is 0. The van der Waals surface area contributed by atoms with Crippen LogP contribution >= 0.6 is 0 Å². The topological polar surface area (TPSA) is 0 Å². The van der Waals surface area contributed by atoms with Crippen LogP contribution in [0.3, 0.4) is 0 Å². The molecular weight excluding hydrogens is 168 g/mol. The van der Waals surface area contributed by atoms with Gasteiger partial charge in [-0.15, -0.1) is 0 Å². The normalized spacial score (nSPS) is 14.2. The molecule has 0 N–H and O–H groups in total. The van der Waals surface area contributed by atoms with Crippen LogP contribution in [0.25, 0.3) is 11.1 Å². The van der Waals surface area contributed by atoms with Crippen molar-refractivity contribution in [2.75, 3.05) is 0 Å². The van der Waals surface area contributed by atoms with Crippen LogP contribution < -0.4 is 0 Å². The zero-order chi connectivity index (χ0) is 12.5. The monoisotopic (exact) mass is 185 g/mol. The van der Waals surface area contributed by atoms with Crippen molar-refractivity contribution in [1.29, 1.82) is 0 Å². The summed E-state index contributed by atoms with van der Waals surface area (Å²) in [6, 6.07) is 15.1. The second kappa shape index (κ2) is 3.67. The molecule has 2 aromatic carbocycles. The fraction of sp³-hybridized carbons (Fsp3) is 0.143. The number of rotatable bonds is 1. The van der Waals surface area contributed by atoms with Gasteiger partial charge in [0, 0.05) is 4.11 Å². The first-order chi connectivity index (χ1) is 7.98. The summed E-state index contributed by atoms with van der Waals surface area (Å²) < 4.78 is 22.7. The van der Waals surface area contributed by atoms with E-state index in [0.717, 1.165) is 16.7 Å². The average Bonchev–Trinajstić information content (AvgIpc) is 2.28. The number of hydrogen-bond donors (Lipinski definition) is 0. The van der Waals surface area contributed by atoms with Gasteiger partial charge in [0.05, 0.1) is 0 Å². The quantitative estimate of drug-likeness (QED) is 0.630. The second-order valence-electron chi connectivity index (χ2n) is 3.42. The van der Waals surface area contributed by atoms with E-state index in [1.807, 2.05) is 49.4 Å². The van der Waals surface area contributed by atoms with Crippen molar-refractivity contribution >= 4 is 0 Å². The van der Waals surface area contributed by atoms with Crippen molar-refractivity contribution in [1.82, 2.24) is 0 Å². The molecule has 70 valence electrons. The van der Waals surface area contributed by atoms with E-state index in [0.29, 0.717) is 5.56 Å². The molecule has 0 saturated heterocycles.